The average molecular weight is 288 g/mol. The molecule has 5 nitrogen and oxygen atoms in total. The van der Waals surface area contributed by atoms with Gasteiger partial charge in [-0.3, -0.25) is 4.79 Å². The van der Waals surface area contributed by atoms with Gasteiger partial charge in [-0.15, -0.1) is 0 Å². The van der Waals surface area contributed by atoms with E-state index in [0.29, 0.717) is 31.5 Å². The number of carboxylic acids is 1. The molecule has 3 N–H and O–H groups in total. The predicted octanol–water partition coefficient (Wildman–Crippen LogP) is 1.11. The molecule has 0 bridgehead atoms. The second-order valence-corrected chi connectivity index (χ2v) is 5.22. The van der Waals surface area contributed by atoms with Crippen molar-refractivity contribution in [2.45, 2.75) is 25.8 Å². The third kappa shape index (κ3) is 4.16. The van der Waals surface area contributed by atoms with Gasteiger partial charge < -0.3 is 15.7 Å². The molecule has 21 heavy (non-hydrogen) atoms. The van der Waals surface area contributed by atoms with Gasteiger partial charge in [-0.2, -0.15) is 0 Å². The fourth-order valence-electron chi connectivity index (χ4n) is 2.16. The molecule has 1 aliphatic heterocycles. The molecule has 1 fully saturated rings. The highest BCUT2D eigenvalue weighted by molar-refractivity contribution is 5.96. The molecule has 1 amide bonds. The van der Waals surface area contributed by atoms with Crippen molar-refractivity contribution in [3.63, 3.8) is 0 Å². The molecule has 1 aromatic carbocycles. The van der Waals surface area contributed by atoms with E-state index in [9.17, 15) is 14.7 Å². The largest absolute Gasteiger partial charge is 0.480 e. The normalized spacial score (nSPS) is 15.0. The molecule has 0 aromatic heterocycles. The highest BCUT2D eigenvalue weighted by Crippen LogP contribution is 2.10. The van der Waals surface area contributed by atoms with Gasteiger partial charge >= 0.3 is 5.97 Å². The first-order valence-electron chi connectivity index (χ1n) is 7.05. The van der Waals surface area contributed by atoms with Crippen molar-refractivity contribution in [3.05, 3.63) is 47.0 Å². The van der Waals surface area contributed by atoms with Gasteiger partial charge in [0.25, 0.3) is 0 Å². The summed E-state index contributed by atoms with van der Waals surface area (Å²) >= 11 is 0. The average Bonchev–Trinajstić information content (AvgIpc) is 2.42. The van der Waals surface area contributed by atoms with Crippen molar-refractivity contribution in [2.24, 2.45) is 0 Å². The van der Waals surface area contributed by atoms with Crippen LogP contribution in [0.4, 0.5) is 0 Å². The maximum absolute atomic E-state index is 12.0. The Hall–Kier alpha value is -2.14. The monoisotopic (exact) mass is 288 g/mol. The van der Waals surface area contributed by atoms with Crippen LogP contribution in [0, 0.1) is 0 Å². The number of amides is 1. The van der Waals surface area contributed by atoms with Crippen molar-refractivity contribution in [3.8, 4) is 0 Å². The fourth-order valence-corrected chi connectivity index (χ4v) is 2.16. The molecule has 1 atom stereocenters. The quantitative estimate of drug-likeness (QED) is 0.685. The maximum Gasteiger partial charge on any atom is 0.326 e. The zero-order chi connectivity index (χ0) is 15.2. The first-order valence-corrected chi connectivity index (χ1v) is 7.05. The highest BCUT2D eigenvalue weighted by Gasteiger charge is 2.22. The number of carbonyl (C=O) groups is 2. The molecule has 1 heterocycles. The zero-order valence-corrected chi connectivity index (χ0v) is 12.1. The molecule has 1 aliphatic rings. The lowest BCUT2D eigenvalue weighted by atomic mass is 10.0. The third-order valence-electron chi connectivity index (χ3n) is 3.72. The van der Waals surface area contributed by atoms with Crippen LogP contribution < -0.4 is 10.6 Å². The van der Waals surface area contributed by atoms with E-state index >= 15 is 0 Å². The number of nitrogens with one attached hydrogen (secondary N) is 2. The molecule has 112 valence electrons. The van der Waals surface area contributed by atoms with E-state index in [1.54, 1.807) is 6.92 Å². The van der Waals surface area contributed by atoms with Crippen LogP contribution in [0.15, 0.2) is 41.5 Å². The van der Waals surface area contributed by atoms with Gasteiger partial charge in [-0.1, -0.05) is 30.3 Å². The molecule has 0 radical (unpaired) electrons. The Morgan fingerprint density at radius 2 is 1.95 bits per heavy atom. The van der Waals surface area contributed by atoms with E-state index in [1.807, 2.05) is 30.3 Å². The highest BCUT2D eigenvalue weighted by atomic mass is 16.4. The minimum absolute atomic E-state index is 0.285. The van der Waals surface area contributed by atoms with E-state index in [2.05, 4.69) is 10.6 Å². The van der Waals surface area contributed by atoms with E-state index < -0.39 is 12.0 Å². The van der Waals surface area contributed by atoms with Crippen molar-refractivity contribution < 1.29 is 14.7 Å². The van der Waals surface area contributed by atoms with Crippen LogP contribution >= 0.6 is 0 Å². The molecular formula is C16H20N2O3. The van der Waals surface area contributed by atoms with Crippen LogP contribution in [-0.2, 0) is 16.0 Å². The van der Waals surface area contributed by atoms with Crippen LogP contribution in [-0.4, -0.2) is 36.1 Å². The standard InChI is InChI=1S/C16H20N2O3/c1-11(13-9-17-10-13)15(19)18-14(16(20)21)8-7-12-5-3-2-4-6-12/h2-6,14,17H,7-10H2,1H3,(H,18,19)(H,20,21)/t14-/m0/s1. The molecule has 0 aliphatic carbocycles. The molecule has 0 spiro atoms. The summed E-state index contributed by atoms with van der Waals surface area (Å²) in [5, 5.41) is 14.9. The van der Waals surface area contributed by atoms with Gasteiger partial charge in [0.15, 0.2) is 0 Å². The van der Waals surface area contributed by atoms with E-state index in [0.717, 1.165) is 11.1 Å². The smallest absolute Gasteiger partial charge is 0.326 e. The Morgan fingerprint density at radius 3 is 2.48 bits per heavy atom. The summed E-state index contributed by atoms with van der Waals surface area (Å²) in [5.41, 5.74) is 2.73. The summed E-state index contributed by atoms with van der Waals surface area (Å²) in [6, 6.07) is 8.80. The topological polar surface area (TPSA) is 78.4 Å². The van der Waals surface area contributed by atoms with Gasteiger partial charge in [0.2, 0.25) is 5.91 Å². The van der Waals surface area contributed by atoms with Gasteiger partial charge in [-0.05, 0) is 30.9 Å². The first kappa shape index (κ1) is 15.3. The van der Waals surface area contributed by atoms with Crippen LogP contribution in [0.1, 0.15) is 18.9 Å². The van der Waals surface area contributed by atoms with E-state index in [4.69, 9.17) is 0 Å². The van der Waals surface area contributed by atoms with E-state index in [-0.39, 0.29) is 5.91 Å². The minimum Gasteiger partial charge on any atom is -0.480 e. The molecule has 5 heteroatoms. The van der Waals surface area contributed by atoms with Crippen molar-refractivity contribution in [1.82, 2.24) is 10.6 Å². The van der Waals surface area contributed by atoms with Gasteiger partial charge in [0.05, 0.1) is 0 Å². The number of aliphatic carboxylic acids is 1. The summed E-state index contributed by atoms with van der Waals surface area (Å²) in [6.45, 7) is 3.16. The zero-order valence-electron chi connectivity index (χ0n) is 12.1. The Labute approximate surface area is 124 Å². The lowest BCUT2D eigenvalue weighted by Crippen LogP contribution is -2.43. The van der Waals surface area contributed by atoms with Crippen molar-refractivity contribution in [1.29, 1.82) is 0 Å². The second kappa shape index (κ2) is 7.04. The van der Waals surface area contributed by atoms with Crippen molar-refractivity contribution >= 4 is 11.9 Å². The predicted molar refractivity (Wildman–Crippen MR) is 79.9 cm³/mol. The summed E-state index contributed by atoms with van der Waals surface area (Å²) in [5.74, 6) is -1.28. The lowest BCUT2D eigenvalue weighted by molar-refractivity contribution is -0.141. The summed E-state index contributed by atoms with van der Waals surface area (Å²) in [6.07, 6.45) is 1.00. The minimum atomic E-state index is -0.996. The number of benzene rings is 1. The Balaban J connectivity index is 1.93. The summed E-state index contributed by atoms with van der Waals surface area (Å²) < 4.78 is 0. The SMILES string of the molecule is CC(C(=O)N[C@@H](CCc1ccccc1)C(=O)O)=C1CNC1. The lowest BCUT2D eigenvalue weighted by Gasteiger charge is -2.22. The number of hydrogen-bond acceptors (Lipinski definition) is 3. The fraction of sp³-hybridized carbons (Fsp3) is 0.375. The van der Waals surface area contributed by atoms with Gasteiger partial charge in [0, 0.05) is 18.7 Å². The maximum atomic E-state index is 12.0. The Kier molecular flexibility index (Phi) is 5.11. The van der Waals surface area contributed by atoms with Crippen LogP contribution in [0.5, 0.6) is 0 Å². The Morgan fingerprint density at radius 1 is 1.29 bits per heavy atom. The second-order valence-electron chi connectivity index (χ2n) is 5.22. The molecule has 0 saturated carbocycles. The van der Waals surface area contributed by atoms with Crippen LogP contribution in [0.3, 0.4) is 0 Å². The molecule has 1 saturated heterocycles. The first-order chi connectivity index (χ1) is 10.1. The number of rotatable bonds is 6. The number of carbonyl (C=O) groups excluding carboxylic acids is 1. The summed E-state index contributed by atoms with van der Waals surface area (Å²) in [7, 11) is 0. The third-order valence-corrected chi connectivity index (χ3v) is 3.72. The van der Waals surface area contributed by atoms with Crippen LogP contribution in [0.2, 0.25) is 0 Å². The van der Waals surface area contributed by atoms with Crippen molar-refractivity contribution in [2.75, 3.05) is 13.1 Å². The summed E-state index contributed by atoms with van der Waals surface area (Å²) in [4.78, 5) is 23.3. The molecule has 1 aromatic rings. The van der Waals surface area contributed by atoms with Gasteiger partial charge in [0.1, 0.15) is 6.04 Å². The van der Waals surface area contributed by atoms with Crippen LogP contribution in [0.25, 0.3) is 0 Å². The Bertz CT molecular complexity index is 546. The number of carboxylic acid groups (broad SMARTS) is 1. The van der Waals surface area contributed by atoms with Gasteiger partial charge in [-0.25, -0.2) is 4.79 Å². The number of hydrogen-bond donors (Lipinski definition) is 3. The molecule has 2 rings (SSSR count). The molecular weight excluding hydrogens is 268 g/mol. The molecule has 0 unspecified atom stereocenters. The number of aryl methyl sites for hydroxylation is 1. The van der Waals surface area contributed by atoms with E-state index in [1.165, 1.54) is 0 Å².